The van der Waals surface area contributed by atoms with Crippen molar-refractivity contribution in [1.82, 2.24) is 9.88 Å². The Morgan fingerprint density at radius 3 is 3.06 bits per heavy atom. The summed E-state index contributed by atoms with van der Waals surface area (Å²) in [5.41, 5.74) is 3.48. The van der Waals surface area contributed by atoms with Gasteiger partial charge in [-0.3, -0.25) is 15.6 Å². The van der Waals surface area contributed by atoms with Gasteiger partial charge in [0.1, 0.15) is 5.69 Å². The largest absolute Gasteiger partial charge is 0.383 e. The second kappa shape index (κ2) is 6.04. The molecule has 88 valence electrons. The minimum absolute atomic E-state index is 0.158. The van der Waals surface area contributed by atoms with Crippen molar-refractivity contribution in [2.75, 3.05) is 32.7 Å². The van der Waals surface area contributed by atoms with Crippen LogP contribution in [-0.2, 0) is 4.74 Å². The molecule has 1 aromatic heterocycles. The van der Waals surface area contributed by atoms with Crippen LogP contribution in [0.3, 0.4) is 0 Å². The molecule has 0 unspecified atom stereocenters. The molecule has 0 aliphatic rings. The molecule has 1 aromatic rings. The Morgan fingerprint density at radius 1 is 1.69 bits per heavy atom. The minimum atomic E-state index is -0.158. The number of rotatable bonds is 5. The number of amides is 1. The molecule has 0 saturated carbocycles. The molecule has 0 aliphatic carbocycles. The van der Waals surface area contributed by atoms with Gasteiger partial charge in [0.2, 0.25) is 0 Å². The van der Waals surface area contributed by atoms with Crippen molar-refractivity contribution in [3.05, 3.63) is 24.0 Å². The Hall–Kier alpha value is -1.66. The summed E-state index contributed by atoms with van der Waals surface area (Å²) in [6.07, 6.45) is 1.53. The van der Waals surface area contributed by atoms with E-state index in [4.69, 9.17) is 10.6 Å². The van der Waals surface area contributed by atoms with Crippen LogP contribution in [0.1, 0.15) is 10.5 Å². The summed E-state index contributed by atoms with van der Waals surface area (Å²) in [6, 6.07) is 3.29. The molecule has 6 nitrogen and oxygen atoms in total. The predicted molar refractivity (Wildman–Crippen MR) is 60.9 cm³/mol. The van der Waals surface area contributed by atoms with Crippen LogP contribution >= 0.6 is 0 Å². The van der Waals surface area contributed by atoms with Gasteiger partial charge >= 0.3 is 0 Å². The third kappa shape index (κ3) is 3.18. The van der Waals surface area contributed by atoms with Crippen LogP contribution in [0.4, 0.5) is 5.69 Å². The van der Waals surface area contributed by atoms with Crippen LogP contribution in [0.25, 0.3) is 0 Å². The zero-order chi connectivity index (χ0) is 12.0. The van der Waals surface area contributed by atoms with Gasteiger partial charge < -0.3 is 15.1 Å². The number of hydrazine groups is 1. The van der Waals surface area contributed by atoms with E-state index in [0.717, 1.165) is 0 Å². The zero-order valence-electron chi connectivity index (χ0n) is 9.43. The average Bonchev–Trinajstić information content (AvgIpc) is 2.35. The summed E-state index contributed by atoms with van der Waals surface area (Å²) in [7, 11) is 3.29. The Balaban J connectivity index is 2.71. The molecule has 0 spiro atoms. The standard InChI is InChI=1S/C10H16N4O2/c1-14(5-6-16-2)10(15)9-7-8(13-11)3-4-12-9/h3-4,7H,5-6,11H2,1-2H3,(H,12,13). The normalized spacial score (nSPS) is 9.94. The lowest BCUT2D eigenvalue weighted by Crippen LogP contribution is -2.30. The van der Waals surface area contributed by atoms with Gasteiger partial charge in [-0.1, -0.05) is 0 Å². The van der Waals surface area contributed by atoms with Crippen molar-refractivity contribution < 1.29 is 9.53 Å². The molecule has 1 heterocycles. The molecule has 0 fully saturated rings. The van der Waals surface area contributed by atoms with Crippen LogP contribution in [0, 0.1) is 0 Å². The summed E-state index contributed by atoms with van der Waals surface area (Å²) in [4.78, 5) is 17.4. The molecular formula is C10H16N4O2. The van der Waals surface area contributed by atoms with Crippen LogP contribution in [0.15, 0.2) is 18.3 Å². The van der Waals surface area contributed by atoms with Gasteiger partial charge in [0.25, 0.3) is 5.91 Å². The lowest BCUT2D eigenvalue weighted by Gasteiger charge is -2.16. The monoisotopic (exact) mass is 224 g/mol. The number of hydrogen-bond acceptors (Lipinski definition) is 5. The SMILES string of the molecule is COCCN(C)C(=O)c1cc(NN)ccn1. The number of nitrogens with two attached hydrogens (primary N) is 1. The smallest absolute Gasteiger partial charge is 0.272 e. The first-order valence-corrected chi connectivity index (χ1v) is 4.86. The van der Waals surface area contributed by atoms with E-state index in [2.05, 4.69) is 10.4 Å². The minimum Gasteiger partial charge on any atom is -0.383 e. The van der Waals surface area contributed by atoms with E-state index in [1.54, 1.807) is 31.2 Å². The maximum atomic E-state index is 11.9. The molecular weight excluding hydrogens is 208 g/mol. The molecule has 0 aliphatic heterocycles. The third-order valence-corrected chi connectivity index (χ3v) is 2.12. The molecule has 0 atom stereocenters. The molecule has 0 saturated heterocycles. The summed E-state index contributed by atoms with van der Waals surface area (Å²) in [6.45, 7) is 1.02. The number of methoxy groups -OCH3 is 1. The Morgan fingerprint density at radius 2 is 2.44 bits per heavy atom. The third-order valence-electron chi connectivity index (χ3n) is 2.12. The summed E-state index contributed by atoms with van der Waals surface area (Å²) in [5, 5.41) is 0. The van der Waals surface area contributed by atoms with Crippen molar-refractivity contribution in [3.63, 3.8) is 0 Å². The highest BCUT2D eigenvalue weighted by Crippen LogP contribution is 2.07. The van der Waals surface area contributed by atoms with Gasteiger partial charge in [0.15, 0.2) is 0 Å². The van der Waals surface area contributed by atoms with Crippen LogP contribution in [0.2, 0.25) is 0 Å². The Bertz CT molecular complexity index is 356. The lowest BCUT2D eigenvalue weighted by atomic mass is 10.3. The number of ether oxygens (including phenoxy) is 1. The van der Waals surface area contributed by atoms with Crippen molar-refractivity contribution >= 4 is 11.6 Å². The summed E-state index contributed by atoms with van der Waals surface area (Å²) >= 11 is 0. The van der Waals surface area contributed by atoms with Gasteiger partial charge in [-0.05, 0) is 12.1 Å². The molecule has 16 heavy (non-hydrogen) atoms. The second-order valence-electron chi connectivity index (χ2n) is 3.29. The van der Waals surface area contributed by atoms with E-state index in [9.17, 15) is 4.79 Å². The Labute approximate surface area is 94.4 Å². The summed E-state index contributed by atoms with van der Waals surface area (Å²) < 4.78 is 4.90. The van der Waals surface area contributed by atoms with E-state index in [1.807, 2.05) is 0 Å². The van der Waals surface area contributed by atoms with E-state index < -0.39 is 0 Å². The number of hydrogen-bond donors (Lipinski definition) is 2. The molecule has 0 bridgehead atoms. The van der Waals surface area contributed by atoms with E-state index >= 15 is 0 Å². The van der Waals surface area contributed by atoms with Crippen LogP contribution in [-0.4, -0.2) is 43.1 Å². The first-order chi connectivity index (χ1) is 7.69. The number of aromatic nitrogens is 1. The Kier molecular flexibility index (Phi) is 4.68. The number of anilines is 1. The number of pyridine rings is 1. The predicted octanol–water partition coefficient (Wildman–Crippen LogP) is 0.0856. The average molecular weight is 224 g/mol. The number of carbonyl (C=O) groups excluding carboxylic acids is 1. The topological polar surface area (TPSA) is 80.5 Å². The maximum Gasteiger partial charge on any atom is 0.272 e. The van der Waals surface area contributed by atoms with E-state index in [0.29, 0.717) is 24.5 Å². The molecule has 3 N–H and O–H groups in total. The van der Waals surface area contributed by atoms with E-state index in [1.165, 1.54) is 6.20 Å². The van der Waals surface area contributed by atoms with Gasteiger partial charge in [0.05, 0.1) is 12.3 Å². The lowest BCUT2D eigenvalue weighted by molar-refractivity contribution is 0.0738. The van der Waals surface area contributed by atoms with Gasteiger partial charge in [-0.25, -0.2) is 0 Å². The number of likely N-dealkylation sites (N-methyl/N-ethyl adjacent to an activating group) is 1. The number of nitrogens with zero attached hydrogens (tertiary/aromatic N) is 2. The molecule has 1 amide bonds. The van der Waals surface area contributed by atoms with E-state index in [-0.39, 0.29) is 5.91 Å². The van der Waals surface area contributed by atoms with Crippen molar-refractivity contribution in [3.8, 4) is 0 Å². The highest BCUT2D eigenvalue weighted by atomic mass is 16.5. The van der Waals surface area contributed by atoms with Crippen molar-refractivity contribution in [2.45, 2.75) is 0 Å². The van der Waals surface area contributed by atoms with Gasteiger partial charge in [-0.2, -0.15) is 0 Å². The van der Waals surface area contributed by atoms with Crippen molar-refractivity contribution in [2.24, 2.45) is 5.84 Å². The van der Waals surface area contributed by atoms with Crippen LogP contribution < -0.4 is 11.3 Å². The fraction of sp³-hybridized carbons (Fsp3) is 0.400. The fourth-order valence-corrected chi connectivity index (χ4v) is 1.16. The first-order valence-electron chi connectivity index (χ1n) is 4.86. The first kappa shape index (κ1) is 12.4. The second-order valence-corrected chi connectivity index (χ2v) is 3.29. The number of carbonyl (C=O) groups is 1. The molecule has 1 rings (SSSR count). The van der Waals surface area contributed by atoms with Crippen molar-refractivity contribution in [1.29, 1.82) is 0 Å². The van der Waals surface area contributed by atoms with Gasteiger partial charge in [0, 0.05) is 26.9 Å². The quantitative estimate of drug-likeness (QED) is 0.547. The molecule has 6 heteroatoms. The zero-order valence-corrected chi connectivity index (χ0v) is 9.43. The summed E-state index contributed by atoms with van der Waals surface area (Å²) in [5.74, 6) is 5.09. The number of nitrogens with one attached hydrogen (secondary N) is 1. The fourth-order valence-electron chi connectivity index (χ4n) is 1.16. The number of nitrogen functional groups attached to an aromatic ring is 1. The highest BCUT2D eigenvalue weighted by molar-refractivity contribution is 5.92. The van der Waals surface area contributed by atoms with Crippen LogP contribution in [0.5, 0.6) is 0 Å². The highest BCUT2D eigenvalue weighted by Gasteiger charge is 2.12. The molecule has 0 aromatic carbocycles. The molecule has 0 radical (unpaired) electrons. The van der Waals surface area contributed by atoms with Gasteiger partial charge in [-0.15, -0.1) is 0 Å². The maximum absolute atomic E-state index is 11.9.